The molecule has 7 heteroatoms. The zero-order valence-corrected chi connectivity index (χ0v) is 32.4. The number of hydrogen-bond acceptors (Lipinski definition) is 7. The smallest absolute Gasteiger partial charge is 0.184 e. The first-order valence-electron chi connectivity index (χ1n) is 19.6. The maximum Gasteiger partial charge on any atom is 0.184 e. The summed E-state index contributed by atoms with van der Waals surface area (Å²) >= 11 is 0. The summed E-state index contributed by atoms with van der Waals surface area (Å²) in [6.45, 7) is 24.0. The van der Waals surface area contributed by atoms with Gasteiger partial charge in [-0.1, -0.05) is 130 Å². The van der Waals surface area contributed by atoms with E-state index in [0.717, 1.165) is 18.4 Å². The number of ether oxygens (including phenoxy) is 7. The zero-order chi connectivity index (χ0) is 35.9. The van der Waals surface area contributed by atoms with Crippen LogP contribution in [0, 0.1) is 41.4 Å². The summed E-state index contributed by atoms with van der Waals surface area (Å²) in [4.78, 5) is 0. The summed E-state index contributed by atoms with van der Waals surface area (Å²) in [7, 11) is 0. The third-order valence-corrected chi connectivity index (χ3v) is 12.4. The van der Waals surface area contributed by atoms with Gasteiger partial charge in [0.15, 0.2) is 12.6 Å². The lowest BCUT2D eigenvalue weighted by molar-refractivity contribution is -0.353. The van der Waals surface area contributed by atoms with Crippen molar-refractivity contribution < 1.29 is 33.2 Å². The highest BCUT2D eigenvalue weighted by molar-refractivity contribution is 5.14. The average Bonchev–Trinajstić information content (AvgIpc) is 3.12. The number of benzene rings is 2. The summed E-state index contributed by atoms with van der Waals surface area (Å²) in [6, 6.07) is 20.7. The van der Waals surface area contributed by atoms with Gasteiger partial charge in [-0.3, -0.25) is 0 Å². The van der Waals surface area contributed by atoms with E-state index in [9.17, 15) is 0 Å². The molecule has 0 aliphatic carbocycles. The maximum atomic E-state index is 7.05. The van der Waals surface area contributed by atoms with Crippen LogP contribution in [0.2, 0.25) is 0 Å². The first kappa shape index (κ1) is 39.4. The molecule has 0 amide bonds. The van der Waals surface area contributed by atoms with Gasteiger partial charge < -0.3 is 33.2 Å². The van der Waals surface area contributed by atoms with Gasteiger partial charge in [-0.2, -0.15) is 0 Å². The topological polar surface area (TPSA) is 64.6 Å². The third kappa shape index (κ3) is 9.20. The Morgan fingerprint density at radius 1 is 0.520 bits per heavy atom. The second-order valence-corrected chi connectivity index (χ2v) is 15.9. The molecule has 0 spiro atoms. The summed E-state index contributed by atoms with van der Waals surface area (Å²) in [5, 5.41) is 0. The average molecular weight is 695 g/mol. The molecule has 3 heterocycles. The summed E-state index contributed by atoms with van der Waals surface area (Å²) in [5.74, 6) is 1.92. The second-order valence-electron chi connectivity index (χ2n) is 15.9. The highest BCUT2D eigenvalue weighted by atomic mass is 16.7. The van der Waals surface area contributed by atoms with Gasteiger partial charge in [-0.25, -0.2) is 0 Å². The molecule has 15 atom stereocenters. The van der Waals surface area contributed by atoms with E-state index in [4.69, 9.17) is 33.2 Å². The molecule has 5 rings (SSSR count). The van der Waals surface area contributed by atoms with E-state index in [1.807, 2.05) is 12.1 Å². The van der Waals surface area contributed by atoms with E-state index in [1.54, 1.807) is 0 Å². The molecular weight excluding hydrogens is 628 g/mol. The molecular formula is C43H66O7. The fraction of sp³-hybridized carbons (Fsp3) is 0.721. The van der Waals surface area contributed by atoms with Crippen molar-refractivity contribution in [3.63, 3.8) is 0 Å². The predicted octanol–water partition coefficient (Wildman–Crippen LogP) is 9.07. The van der Waals surface area contributed by atoms with Crippen LogP contribution in [-0.4, -0.2) is 61.9 Å². The van der Waals surface area contributed by atoms with Crippen molar-refractivity contribution in [2.24, 2.45) is 41.4 Å². The van der Waals surface area contributed by atoms with E-state index in [2.05, 4.69) is 118 Å². The van der Waals surface area contributed by atoms with Crippen LogP contribution in [0.1, 0.15) is 93.2 Å². The van der Waals surface area contributed by atoms with Gasteiger partial charge in [-0.05, 0) is 65.4 Å². The van der Waals surface area contributed by atoms with Crippen LogP contribution in [0.5, 0.6) is 0 Å². The van der Waals surface area contributed by atoms with Gasteiger partial charge in [0.1, 0.15) is 12.2 Å². The molecule has 0 bridgehead atoms. The first-order valence-corrected chi connectivity index (χ1v) is 19.6. The monoisotopic (exact) mass is 694 g/mol. The van der Waals surface area contributed by atoms with Gasteiger partial charge >= 0.3 is 0 Å². The molecule has 50 heavy (non-hydrogen) atoms. The fourth-order valence-electron chi connectivity index (χ4n) is 8.31. The Kier molecular flexibility index (Phi) is 14.4. The molecule has 280 valence electrons. The standard InChI is InChI=1S/C43H66O7/c1-11-35-28(6)32(10)41(50-43-40(31(9)27(5)36(12-2)49-43)45-24-34-21-17-14-18-22-34)42(48-35)46-25-37-29(7)30(8)39(38(47-37)26(3)4)44-23-33-19-15-13-16-20-33/h13-22,26-32,35-43H,11-12,23-25H2,1-10H3/t27-,28-,29-,30+,31+,32+,35?,36?,37?,38+,39?,40?,41?,42-,43+/m1/s1. The molecule has 3 aliphatic rings. The summed E-state index contributed by atoms with van der Waals surface area (Å²) in [5.41, 5.74) is 2.32. The van der Waals surface area contributed by atoms with Crippen LogP contribution in [0.15, 0.2) is 60.7 Å². The second kappa shape index (κ2) is 18.3. The van der Waals surface area contributed by atoms with Crippen LogP contribution in [0.3, 0.4) is 0 Å². The van der Waals surface area contributed by atoms with Crippen LogP contribution in [-0.2, 0) is 46.4 Å². The minimum Gasteiger partial charge on any atom is -0.371 e. The Balaban J connectivity index is 1.31. The lowest BCUT2D eigenvalue weighted by atomic mass is 9.78. The molecule has 0 aromatic heterocycles. The van der Waals surface area contributed by atoms with Crippen molar-refractivity contribution in [1.29, 1.82) is 0 Å². The third-order valence-electron chi connectivity index (χ3n) is 12.4. The molecule has 0 saturated carbocycles. The van der Waals surface area contributed by atoms with Crippen molar-refractivity contribution in [3.8, 4) is 0 Å². The van der Waals surface area contributed by atoms with Gasteiger partial charge in [0.25, 0.3) is 0 Å². The normalized spacial score (nSPS) is 39.5. The SMILES string of the molecule is CCC1O[C@@H](OCC2O[C@@H](C(C)C)C(OCc3ccccc3)[C@@H](C)[C@H]2C)C(O[C@@H]2OC(CC)[C@H](C)[C@H](C)C2OCc2ccccc2)[C@@H](C)[C@H]1C. The van der Waals surface area contributed by atoms with Crippen LogP contribution in [0.25, 0.3) is 0 Å². The van der Waals surface area contributed by atoms with Gasteiger partial charge in [0.2, 0.25) is 0 Å². The van der Waals surface area contributed by atoms with E-state index >= 15 is 0 Å². The largest absolute Gasteiger partial charge is 0.371 e. The van der Waals surface area contributed by atoms with E-state index < -0.39 is 12.6 Å². The Morgan fingerprint density at radius 2 is 0.980 bits per heavy atom. The van der Waals surface area contributed by atoms with Crippen molar-refractivity contribution in [3.05, 3.63) is 71.8 Å². The van der Waals surface area contributed by atoms with Crippen molar-refractivity contribution in [2.45, 2.75) is 151 Å². The zero-order valence-electron chi connectivity index (χ0n) is 32.4. The lowest BCUT2D eigenvalue weighted by Crippen LogP contribution is -2.58. The van der Waals surface area contributed by atoms with Crippen molar-refractivity contribution in [1.82, 2.24) is 0 Å². The molecule has 0 N–H and O–H groups in total. The van der Waals surface area contributed by atoms with E-state index in [0.29, 0.717) is 43.5 Å². The molecule has 3 saturated heterocycles. The number of hydrogen-bond donors (Lipinski definition) is 0. The Bertz CT molecular complexity index is 1260. The molecule has 6 unspecified atom stereocenters. The first-order chi connectivity index (χ1) is 24.0. The van der Waals surface area contributed by atoms with Crippen LogP contribution in [0.4, 0.5) is 0 Å². The highest BCUT2D eigenvalue weighted by Gasteiger charge is 2.49. The molecule has 3 fully saturated rings. The van der Waals surface area contributed by atoms with Crippen molar-refractivity contribution in [2.75, 3.05) is 6.61 Å². The Morgan fingerprint density at radius 3 is 1.50 bits per heavy atom. The van der Waals surface area contributed by atoms with Gasteiger partial charge in [-0.15, -0.1) is 0 Å². The van der Waals surface area contributed by atoms with Crippen molar-refractivity contribution >= 4 is 0 Å². The summed E-state index contributed by atoms with van der Waals surface area (Å²) in [6.07, 6.45) is 0.266. The molecule has 7 nitrogen and oxygen atoms in total. The molecule has 3 aliphatic heterocycles. The van der Waals surface area contributed by atoms with E-state index in [1.165, 1.54) is 5.56 Å². The molecule has 0 radical (unpaired) electrons. The van der Waals surface area contributed by atoms with Gasteiger partial charge in [0.05, 0.1) is 50.3 Å². The highest BCUT2D eigenvalue weighted by Crippen LogP contribution is 2.41. The van der Waals surface area contributed by atoms with Gasteiger partial charge in [0, 0.05) is 0 Å². The Hall–Kier alpha value is -1.84. The van der Waals surface area contributed by atoms with Crippen LogP contribution < -0.4 is 0 Å². The van der Waals surface area contributed by atoms with E-state index in [-0.39, 0.29) is 60.5 Å². The number of rotatable bonds is 14. The Labute approximate surface area is 303 Å². The minimum atomic E-state index is -0.546. The van der Waals surface area contributed by atoms with Crippen LogP contribution >= 0.6 is 0 Å². The fourth-order valence-corrected chi connectivity index (χ4v) is 8.31. The molecule has 2 aromatic rings. The minimum absolute atomic E-state index is 0.000902. The summed E-state index contributed by atoms with van der Waals surface area (Å²) < 4.78 is 47.4. The quantitative estimate of drug-likeness (QED) is 0.196. The predicted molar refractivity (Wildman–Crippen MR) is 197 cm³/mol. The lowest BCUT2D eigenvalue weighted by Gasteiger charge is -2.50. The maximum absolute atomic E-state index is 7.05. The molecule has 2 aromatic carbocycles.